The Morgan fingerprint density at radius 3 is 3.13 bits per heavy atom. The summed E-state index contributed by atoms with van der Waals surface area (Å²) in [6.07, 6.45) is 5.11. The molecule has 1 aromatic rings. The second kappa shape index (κ2) is 4.47. The van der Waals surface area contributed by atoms with Crippen molar-refractivity contribution in [1.82, 2.24) is 10.2 Å². The van der Waals surface area contributed by atoms with Gasteiger partial charge in [0.1, 0.15) is 0 Å². The van der Waals surface area contributed by atoms with Crippen LogP contribution in [0.1, 0.15) is 38.3 Å². The van der Waals surface area contributed by atoms with Gasteiger partial charge in [0.15, 0.2) is 5.82 Å². The highest BCUT2D eigenvalue weighted by Crippen LogP contribution is 2.32. The second-order valence-electron chi connectivity index (χ2n) is 4.22. The average Bonchev–Trinajstić information content (AvgIpc) is 2.88. The molecule has 0 radical (unpaired) electrons. The molecule has 4 nitrogen and oxygen atoms in total. The van der Waals surface area contributed by atoms with E-state index >= 15 is 0 Å². The van der Waals surface area contributed by atoms with Crippen molar-refractivity contribution in [3.8, 4) is 0 Å². The number of aromatic nitrogens is 2. The molecule has 1 aromatic heterocycles. The molecule has 0 bridgehead atoms. The minimum absolute atomic E-state index is 0.0899. The molecule has 1 heterocycles. The molecule has 1 saturated carbocycles. The second-order valence-corrected chi connectivity index (χ2v) is 4.22. The van der Waals surface area contributed by atoms with E-state index < -0.39 is 0 Å². The van der Waals surface area contributed by atoms with Gasteiger partial charge in [-0.25, -0.2) is 0 Å². The topological polar surface area (TPSA) is 57.8 Å². The van der Waals surface area contributed by atoms with Crippen LogP contribution >= 0.6 is 0 Å². The molecule has 0 spiro atoms. The molecule has 82 valence electrons. The number of aromatic amines is 1. The molecule has 1 aliphatic rings. The quantitative estimate of drug-likeness (QED) is 0.776. The van der Waals surface area contributed by atoms with Crippen LogP contribution in [0.3, 0.4) is 0 Å². The smallest absolute Gasteiger partial charge is 0.225 e. The molecule has 4 heteroatoms. The van der Waals surface area contributed by atoms with Crippen LogP contribution in [-0.2, 0) is 11.2 Å². The van der Waals surface area contributed by atoms with Crippen LogP contribution in [0.2, 0.25) is 0 Å². The summed E-state index contributed by atoms with van der Waals surface area (Å²) >= 11 is 0. The summed E-state index contributed by atoms with van der Waals surface area (Å²) in [5, 5.41) is 9.77. The highest BCUT2D eigenvalue weighted by atomic mass is 16.1. The number of aryl methyl sites for hydroxylation is 1. The molecule has 2 rings (SSSR count). The van der Waals surface area contributed by atoms with Crippen molar-refractivity contribution in [3.63, 3.8) is 0 Å². The van der Waals surface area contributed by atoms with E-state index in [-0.39, 0.29) is 5.91 Å². The van der Waals surface area contributed by atoms with E-state index in [0.717, 1.165) is 18.5 Å². The Kier molecular flexibility index (Phi) is 3.04. The number of rotatable bonds is 5. The number of nitrogens with one attached hydrogen (secondary N) is 2. The Hall–Kier alpha value is -1.32. The summed E-state index contributed by atoms with van der Waals surface area (Å²) in [4.78, 5) is 11.5. The molecule has 15 heavy (non-hydrogen) atoms. The van der Waals surface area contributed by atoms with Gasteiger partial charge >= 0.3 is 0 Å². The fourth-order valence-corrected chi connectivity index (χ4v) is 1.60. The maximum Gasteiger partial charge on any atom is 0.225 e. The van der Waals surface area contributed by atoms with Crippen molar-refractivity contribution in [2.45, 2.75) is 39.0 Å². The standard InChI is InChI=1S/C11H17N3O/c1-2-3-9-7-10(14-13-9)12-11(15)6-8-4-5-8/h7-8H,2-6H2,1H3,(H2,12,13,14,15). The van der Waals surface area contributed by atoms with Crippen molar-refractivity contribution in [3.05, 3.63) is 11.8 Å². The average molecular weight is 207 g/mol. The van der Waals surface area contributed by atoms with Gasteiger partial charge in [-0.3, -0.25) is 9.89 Å². The number of carbonyl (C=O) groups is 1. The Morgan fingerprint density at radius 2 is 2.47 bits per heavy atom. The number of carbonyl (C=O) groups excluding carboxylic acids is 1. The largest absolute Gasteiger partial charge is 0.309 e. The number of amides is 1. The third-order valence-corrected chi connectivity index (χ3v) is 2.59. The zero-order valence-corrected chi connectivity index (χ0v) is 9.05. The number of hydrogen-bond acceptors (Lipinski definition) is 2. The van der Waals surface area contributed by atoms with Crippen LogP contribution in [0.5, 0.6) is 0 Å². The van der Waals surface area contributed by atoms with E-state index in [1.54, 1.807) is 0 Å². The van der Waals surface area contributed by atoms with E-state index in [1.807, 2.05) is 6.07 Å². The highest BCUT2D eigenvalue weighted by Gasteiger charge is 2.24. The van der Waals surface area contributed by atoms with Gasteiger partial charge in [0, 0.05) is 18.2 Å². The molecule has 0 unspecified atom stereocenters. The van der Waals surface area contributed by atoms with Crippen LogP contribution in [0.4, 0.5) is 5.82 Å². The van der Waals surface area contributed by atoms with E-state index in [0.29, 0.717) is 18.2 Å². The summed E-state index contributed by atoms with van der Waals surface area (Å²) in [5.41, 5.74) is 1.08. The van der Waals surface area contributed by atoms with Gasteiger partial charge in [0.25, 0.3) is 0 Å². The van der Waals surface area contributed by atoms with Crippen molar-refractivity contribution in [2.24, 2.45) is 5.92 Å². The Labute approximate surface area is 89.5 Å². The highest BCUT2D eigenvalue weighted by molar-refractivity contribution is 5.90. The van der Waals surface area contributed by atoms with Gasteiger partial charge in [-0.2, -0.15) is 5.10 Å². The third kappa shape index (κ3) is 3.08. The molecule has 0 atom stereocenters. The first kappa shape index (κ1) is 10.2. The number of nitrogens with zero attached hydrogens (tertiary/aromatic N) is 1. The molecule has 0 aliphatic heterocycles. The minimum atomic E-state index is 0.0899. The zero-order valence-electron chi connectivity index (χ0n) is 9.05. The van der Waals surface area contributed by atoms with Crippen molar-refractivity contribution in [1.29, 1.82) is 0 Å². The van der Waals surface area contributed by atoms with Crippen LogP contribution in [0, 0.1) is 5.92 Å². The maximum atomic E-state index is 11.5. The van der Waals surface area contributed by atoms with Crippen molar-refractivity contribution >= 4 is 11.7 Å². The normalized spacial score (nSPS) is 15.3. The molecular formula is C11H17N3O. The van der Waals surface area contributed by atoms with Gasteiger partial charge in [-0.05, 0) is 25.2 Å². The van der Waals surface area contributed by atoms with Gasteiger partial charge < -0.3 is 5.32 Å². The van der Waals surface area contributed by atoms with Gasteiger partial charge in [-0.1, -0.05) is 13.3 Å². The van der Waals surface area contributed by atoms with Crippen molar-refractivity contribution < 1.29 is 4.79 Å². The van der Waals surface area contributed by atoms with E-state index in [2.05, 4.69) is 22.4 Å². The predicted octanol–water partition coefficient (Wildman–Crippen LogP) is 2.10. The van der Waals surface area contributed by atoms with E-state index in [1.165, 1.54) is 12.8 Å². The van der Waals surface area contributed by atoms with Crippen LogP contribution in [-0.4, -0.2) is 16.1 Å². The summed E-state index contributed by atoms with van der Waals surface area (Å²) in [6.45, 7) is 2.12. The fourth-order valence-electron chi connectivity index (χ4n) is 1.60. The zero-order chi connectivity index (χ0) is 10.7. The van der Waals surface area contributed by atoms with Gasteiger partial charge in [0.2, 0.25) is 5.91 Å². The predicted molar refractivity (Wildman–Crippen MR) is 58.6 cm³/mol. The Morgan fingerprint density at radius 1 is 1.67 bits per heavy atom. The van der Waals surface area contributed by atoms with Crippen LogP contribution in [0.25, 0.3) is 0 Å². The molecule has 0 saturated heterocycles. The van der Waals surface area contributed by atoms with E-state index in [4.69, 9.17) is 0 Å². The van der Waals surface area contributed by atoms with Gasteiger partial charge in [0.05, 0.1) is 0 Å². The van der Waals surface area contributed by atoms with Crippen LogP contribution in [0.15, 0.2) is 6.07 Å². The molecule has 1 amide bonds. The van der Waals surface area contributed by atoms with E-state index in [9.17, 15) is 4.79 Å². The lowest BCUT2D eigenvalue weighted by atomic mass is 10.2. The lowest BCUT2D eigenvalue weighted by molar-refractivity contribution is -0.116. The van der Waals surface area contributed by atoms with Crippen molar-refractivity contribution in [2.75, 3.05) is 5.32 Å². The minimum Gasteiger partial charge on any atom is -0.309 e. The summed E-state index contributed by atoms with van der Waals surface area (Å²) in [7, 11) is 0. The maximum absolute atomic E-state index is 11.5. The molecule has 0 aromatic carbocycles. The molecule has 2 N–H and O–H groups in total. The first-order valence-electron chi connectivity index (χ1n) is 5.62. The third-order valence-electron chi connectivity index (χ3n) is 2.59. The first-order valence-corrected chi connectivity index (χ1v) is 5.62. The summed E-state index contributed by atoms with van der Waals surface area (Å²) < 4.78 is 0. The monoisotopic (exact) mass is 207 g/mol. The number of H-pyrrole nitrogens is 1. The molecule has 1 fully saturated rings. The number of hydrogen-bond donors (Lipinski definition) is 2. The van der Waals surface area contributed by atoms with Gasteiger partial charge in [-0.15, -0.1) is 0 Å². The fraction of sp³-hybridized carbons (Fsp3) is 0.636. The molecular weight excluding hydrogens is 190 g/mol. The Balaban J connectivity index is 1.83. The van der Waals surface area contributed by atoms with Crippen LogP contribution < -0.4 is 5.32 Å². The molecule has 1 aliphatic carbocycles. The SMILES string of the molecule is CCCc1cc(NC(=O)CC2CC2)n[nH]1. The lowest BCUT2D eigenvalue weighted by Gasteiger charge is -1.98. The summed E-state index contributed by atoms with van der Waals surface area (Å²) in [5.74, 6) is 1.37. The lowest BCUT2D eigenvalue weighted by Crippen LogP contribution is -2.12. The first-order chi connectivity index (χ1) is 7.28. The summed E-state index contributed by atoms with van der Waals surface area (Å²) in [6, 6.07) is 1.91. The number of anilines is 1. The Bertz CT molecular complexity index is 341.